The summed E-state index contributed by atoms with van der Waals surface area (Å²) < 4.78 is 0. The van der Waals surface area contributed by atoms with Crippen LogP contribution in [0.1, 0.15) is 13.8 Å². The number of hydrogen-bond donors (Lipinski definition) is 0. The molecule has 0 saturated heterocycles. The molecule has 3 rings (SSSR count). The van der Waals surface area contributed by atoms with Crippen molar-refractivity contribution < 1.29 is 0 Å². The summed E-state index contributed by atoms with van der Waals surface area (Å²) in [6.45, 7) is 4.51. The van der Waals surface area contributed by atoms with Crippen LogP contribution in [0.5, 0.6) is 0 Å². The molecule has 1 heteroatoms. The molecule has 60 valence electrons. The van der Waals surface area contributed by atoms with E-state index in [-0.39, 0.29) is 5.41 Å². The van der Waals surface area contributed by atoms with Crippen LogP contribution in [0.2, 0.25) is 0 Å². The molecular formula is C11H11N. The van der Waals surface area contributed by atoms with Crippen molar-refractivity contribution in [3.05, 3.63) is 23.8 Å². The van der Waals surface area contributed by atoms with Gasteiger partial charge in [-0.05, 0) is 17.3 Å². The molecule has 0 amide bonds. The lowest BCUT2D eigenvalue weighted by molar-refractivity contribution is 0.322. The molecule has 3 aliphatic rings. The maximum Gasteiger partial charge on any atom is 0.0953 e. The Labute approximate surface area is 72.4 Å². The lowest BCUT2D eigenvalue weighted by Gasteiger charge is -2.27. The van der Waals surface area contributed by atoms with E-state index in [0.29, 0.717) is 11.3 Å². The zero-order valence-electron chi connectivity index (χ0n) is 7.33. The second-order valence-corrected chi connectivity index (χ2v) is 4.59. The highest BCUT2D eigenvalue weighted by atomic mass is 14.8. The summed E-state index contributed by atoms with van der Waals surface area (Å²) in [5.74, 6) is 1.40. The van der Waals surface area contributed by atoms with Crippen LogP contribution in [0.15, 0.2) is 23.8 Å². The number of fused-ring (bicyclic) bond motifs is 1. The van der Waals surface area contributed by atoms with Gasteiger partial charge in [-0.1, -0.05) is 32.1 Å². The highest BCUT2D eigenvalue weighted by Crippen LogP contribution is 2.78. The minimum Gasteiger partial charge on any atom is -0.193 e. The van der Waals surface area contributed by atoms with Crippen LogP contribution in [0.4, 0.5) is 0 Å². The second kappa shape index (κ2) is 1.40. The van der Waals surface area contributed by atoms with E-state index in [1.807, 2.05) is 0 Å². The van der Waals surface area contributed by atoms with Crippen molar-refractivity contribution in [2.45, 2.75) is 13.8 Å². The van der Waals surface area contributed by atoms with Gasteiger partial charge >= 0.3 is 0 Å². The van der Waals surface area contributed by atoms with Crippen molar-refractivity contribution in [3.8, 4) is 6.07 Å². The van der Waals surface area contributed by atoms with Crippen molar-refractivity contribution >= 4 is 0 Å². The summed E-state index contributed by atoms with van der Waals surface area (Å²) in [6, 6.07) is 2.33. The topological polar surface area (TPSA) is 23.8 Å². The number of allylic oxidation sites excluding steroid dienone is 4. The third-order valence-electron chi connectivity index (χ3n) is 4.44. The average molecular weight is 157 g/mol. The average Bonchev–Trinajstić information content (AvgIpc) is 2.50. The highest BCUT2D eigenvalue weighted by Gasteiger charge is 2.74. The van der Waals surface area contributed by atoms with Gasteiger partial charge in [0.15, 0.2) is 0 Å². The van der Waals surface area contributed by atoms with Crippen molar-refractivity contribution in [3.63, 3.8) is 0 Å². The lowest BCUT2D eigenvalue weighted by atomic mass is 9.74. The fourth-order valence-corrected chi connectivity index (χ4v) is 3.23. The summed E-state index contributed by atoms with van der Waals surface area (Å²) >= 11 is 0. The van der Waals surface area contributed by atoms with Crippen LogP contribution < -0.4 is 0 Å². The van der Waals surface area contributed by atoms with Gasteiger partial charge in [0.05, 0.1) is 6.07 Å². The summed E-state index contributed by atoms with van der Waals surface area (Å²) in [6.07, 6.45) is 6.71. The largest absolute Gasteiger partial charge is 0.193 e. The second-order valence-electron chi connectivity index (χ2n) is 4.59. The predicted molar refractivity (Wildman–Crippen MR) is 46.0 cm³/mol. The van der Waals surface area contributed by atoms with Gasteiger partial charge in [0.25, 0.3) is 0 Å². The maximum absolute atomic E-state index is 8.95. The Balaban J connectivity index is 2.24. The Kier molecular flexibility index (Phi) is 0.754. The first-order valence-corrected chi connectivity index (χ1v) is 4.46. The van der Waals surface area contributed by atoms with E-state index < -0.39 is 0 Å². The number of nitriles is 1. The number of hydrogen-bond acceptors (Lipinski definition) is 1. The van der Waals surface area contributed by atoms with Crippen LogP contribution in [-0.2, 0) is 0 Å². The van der Waals surface area contributed by atoms with E-state index in [4.69, 9.17) is 5.26 Å². The van der Waals surface area contributed by atoms with Crippen LogP contribution in [0, 0.1) is 34.0 Å². The molecule has 1 saturated carbocycles. The molecule has 0 aliphatic heterocycles. The Morgan fingerprint density at radius 2 is 2.17 bits per heavy atom. The van der Waals surface area contributed by atoms with Gasteiger partial charge in [0, 0.05) is 11.0 Å². The zero-order chi connectivity index (χ0) is 8.56. The Morgan fingerprint density at radius 1 is 1.42 bits per heavy atom. The van der Waals surface area contributed by atoms with E-state index in [9.17, 15) is 0 Å². The van der Waals surface area contributed by atoms with Crippen molar-refractivity contribution in [2.75, 3.05) is 0 Å². The quantitative estimate of drug-likeness (QED) is 0.495. The van der Waals surface area contributed by atoms with Gasteiger partial charge in [-0.2, -0.15) is 5.26 Å². The van der Waals surface area contributed by atoms with Crippen LogP contribution in [0.3, 0.4) is 0 Å². The molecule has 12 heavy (non-hydrogen) atoms. The standard InChI is InChI=1S/C11H11N/c1-10-4-3-8-9(11(8,10)2)5-7(10)6-12/h3-5,8-9H,1-2H3/t8-,9+,10+,11-/m0/s1. The third kappa shape index (κ3) is 0.357. The van der Waals surface area contributed by atoms with Crippen LogP contribution in [0.25, 0.3) is 0 Å². The first-order chi connectivity index (χ1) is 5.64. The molecular weight excluding hydrogens is 146 g/mol. The number of rotatable bonds is 0. The first kappa shape index (κ1) is 6.48. The normalized spacial score (nSPS) is 57.9. The minimum absolute atomic E-state index is 0.0666. The Bertz CT molecular complexity index is 371. The van der Waals surface area contributed by atoms with Crippen LogP contribution in [-0.4, -0.2) is 0 Å². The first-order valence-electron chi connectivity index (χ1n) is 4.46. The predicted octanol–water partition coefficient (Wildman–Crippen LogP) is 2.28. The molecule has 0 unspecified atom stereocenters. The summed E-state index contributed by atoms with van der Waals surface area (Å²) in [7, 11) is 0. The molecule has 0 spiro atoms. The van der Waals surface area contributed by atoms with Crippen molar-refractivity contribution in [2.24, 2.45) is 22.7 Å². The SMILES string of the molecule is C[C@]12[C@@H]3C=C(C#N)[C@@]1(C)C=C[C@@H]32. The van der Waals surface area contributed by atoms with E-state index in [1.165, 1.54) is 0 Å². The van der Waals surface area contributed by atoms with Gasteiger partial charge in [-0.25, -0.2) is 0 Å². The summed E-state index contributed by atoms with van der Waals surface area (Å²) in [5, 5.41) is 8.95. The van der Waals surface area contributed by atoms with Gasteiger partial charge in [0.1, 0.15) is 0 Å². The van der Waals surface area contributed by atoms with Gasteiger partial charge in [0.2, 0.25) is 0 Å². The molecule has 3 aliphatic carbocycles. The van der Waals surface area contributed by atoms with E-state index >= 15 is 0 Å². The van der Waals surface area contributed by atoms with Gasteiger partial charge in [-0.15, -0.1) is 0 Å². The van der Waals surface area contributed by atoms with E-state index in [1.54, 1.807) is 0 Å². The maximum atomic E-state index is 8.95. The molecule has 0 heterocycles. The van der Waals surface area contributed by atoms with Gasteiger partial charge in [-0.3, -0.25) is 0 Å². The molecule has 1 nitrogen and oxygen atoms in total. The molecule has 4 atom stereocenters. The Morgan fingerprint density at radius 3 is 2.75 bits per heavy atom. The molecule has 0 radical (unpaired) electrons. The zero-order valence-corrected chi connectivity index (χ0v) is 7.33. The fourth-order valence-electron chi connectivity index (χ4n) is 3.23. The summed E-state index contributed by atoms with van der Waals surface area (Å²) in [5.41, 5.74) is 1.43. The third-order valence-corrected chi connectivity index (χ3v) is 4.44. The van der Waals surface area contributed by atoms with E-state index in [0.717, 1.165) is 11.5 Å². The van der Waals surface area contributed by atoms with Crippen molar-refractivity contribution in [1.82, 2.24) is 0 Å². The molecule has 0 aromatic carbocycles. The molecule has 0 bridgehead atoms. The highest BCUT2D eigenvalue weighted by molar-refractivity contribution is 5.54. The minimum atomic E-state index is 0.0666. The monoisotopic (exact) mass is 157 g/mol. The molecule has 0 aromatic heterocycles. The molecule has 0 N–H and O–H groups in total. The molecule has 0 aromatic rings. The van der Waals surface area contributed by atoms with Gasteiger partial charge < -0.3 is 0 Å². The fraction of sp³-hybridized carbons (Fsp3) is 0.545. The number of nitrogens with zero attached hydrogens (tertiary/aromatic N) is 1. The van der Waals surface area contributed by atoms with E-state index in [2.05, 4.69) is 38.1 Å². The van der Waals surface area contributed by atoms with Crippen molar-refractivity contribution in [1.29, 1.82) is 5.26 Å². The van der Waals surface area contributed by atoms with Crippen LogP contribution >= 0.6 is 0 Å². The lowest BCUT2D eigenvalue weighted by Crippen LogP contribution is -2.22. The summed E-state index contributed by atoms with van der Waals surface area (Å²) in [4.78, 5) is 0. The Hall–Kier alpha value is -1.03. The molecule has 1 fully saturated rings. The smallest absolute Gasteiger partial charge is 0.0953 e.